The van der Waals surface area contributed by atoms with E-state index in [4.69, 9.17) is 4.74 Å². The lowest BCUT2D eigenvalue weighted by molar-refractivity contribution is 0.222. The molecule has 0 aromatic heterocycles. The van der Waals surface area contributed by atoms with E-state index in [0.717, 1.165) is 30.6 Å². The van der Waals surface area contributed by atoms with E-state index in [1.807, 2.05) is 6.07 Å². The van der Waals surface area contributed by atoms with Gasteiger partial charge in [0.25, 0.3) is 0 Å². The van der Waals surface area contributed by atoms with Crippen LogP contribution in [-0.2, 0) is 6.42 Å². The summed E-state index contributed by atoms with van der Waals surface area (Å²) < 4.78 is 6.56. The number of rotatable bonds is 6. The van der Waals surface area contributed by atoms with Crippen molar-refractivity contribution in [2.24, 2.45) is 11.8 Å². The molecule has 0 bridgehead atoms. The van der Waals surface area contributed by atoms with Crippen LogP contribution in [0.25, 0.3) is 0 Å². The maximum Gasteiger partial charge on any atom is 0.119 e. The third kappa shape index (κ3) is 4.72. The van der Waals surface area contributed by atoms with Gasteiger partial charge >= 0.3 is 0 Å². The maximum atomic E-state index is 5.37. The quantitative estimate of drug-likeness (QED) is 0.792. The summed E-state index contributed by atoms with van der Waals surface area (Å²) in [6, 6.07) is 6.85. The highest BCUT2D eigenvalue weighted by molar-refractivity contribution is 9.10. The van der Waals surface area contributed by atoms with Crippen LogP contribution in [0, 0.1) is 11.8 Å². The molecule has 0 radical (unpaired) electrons. The van der Waals surface area contributed by atoms with Crippen LogP contribution in [0.3, 0.4) is 0 Å². The molecule has 1 aromatic rings. The van der Waals surface area contributed by atoms with Gasteiger partial charge in [-0.2, -0.15) is 0 Å². The van der Waals surface area contributed by atoms with E-state index in [-0.39, 0.29) is 0 Å². The normalized spacial score (nSPS) is 23.8. The van der Waals surface area contributed by atoms with Crippen molar-refractivity contribution in [1.29, 1.82) is 0 Å². The van der Waals surface area contributed by atoms with E-state index in [1.54, 1.807) is 7.11 Å². The first-order chi connectivity index (χ1) is 10.1. The minimum Gasteiger partial charge on any atom is -0.497 e. The predicted molar refractivity (Wildman–Crippen MR) is 93.0 cm³/mol. The second-order valence-electron chi connectivity index (χ2n) is 6.36. The van der Waals surface area contributed by atoms with Crippen molar-refractivity contribution < 1.29 is 4.74 Å². The van der Waals surface area contributed by atoms with E-state index in [9.17, 15) is 0 Å². The zero-order chi connectivity index (χ0) is 15.2. The third-order valence-corrected chi connectivity index (χ3v) is 5.48. The van der Waals surface area contributed by atoms with Crippen LogP contribution in [0.15, 0.2) is 22.7 Å². The molecule has 118 valence electrons. The smallest absolute Gasteiger partial charge is 0.119 e. The van der Waals surface area contributed by atoms with Crippen molar-refractivity contribution in [3.63, 3.8) is 0 Å². The molecular weight excluding hydrogens is 326 g/mol. The molecule has 0 spiro atoms. The van der Waals surface area contributed by atoms with Gasteiger partial charge in [0.15, 0.2) is 0 Å². The van der Waals surface area contributed by atoms with Crippen molar-refractivity contribution in [3.05, 3.63) is 28.2 Å². The van der Waals surface area contributed by atoms with Crippen LogP contribution in [0.1, 0.15) is 45.1 Å². The van der Waals surface area contributed by atoms with Crippen molar-refractivity contribution in [3.8, 4) is 5.75 Å². The SMILES string of the molecule is CCNC(Cc1cc(OC)ccc1Br)C1CCCC(C)C1. The van der Waals surface area contributed by atoms with Gasteiger partial charge in [-0.1, -0.05) is 42.6 Å². The first-order valence-electron chi connectivity index (χ1n) is 8.19. The first-order valence-corrected chi connectivity index (χ1v) is 8.99. The van der Waals surface area contributed by atoms with Crippen LogP contribution >= 0.6 is 15.9 Å². The number of hydrogen-bond acceptors (Lipinski definition) is 2. The van der Waals surface area contributed by atoms with Crippen molar-refractivity contribution in [2.45, 2.75) is 52.0 Å². The molecule has 1 aliphatic carbocycles. The fraction of sp³-hybridized carbons (Fsp3) is 0.667. The monoisotopic (exact) mass is 353 g/mol. The molecule has 2 rings (SSSR count). The summed E-state index contributed by atoms with van der Waals surface area (Å²) in [7, 11) is 1.73. The Morgan fingerprint density at radius 1 is 1.38 bits per heavy atom. The highest BCUT2D eigenvalue weighted by Gasteiger charge is 2.26. The standard InChI is InChI=1S/C18H28BrNO/c1-4-20-18(14-7-5-6-13(2)10-14)12-15-11-16(21-3)8-9-17(15)19/h8-9,11,13-14,18,20H,4-7,10,12H2,1-3H3. The molecule has 0 saturated heterocycles. The van der Waals surface area contributed by atoms with Gasteiger partial charge in [-0.05, 0) is 61.4 Å². The Morgan fingerprint density at radius 2 is 2.19 bits per heavy atom. The predicted octanol–water partition coefficient (Wildman–Crippen LogP) is 4.80. The second kappa shape index (κ2) is 8.19. The molecule has 3 unspecified atom stereocenters. The highest BCUT2D eigenvalue weighted by Crippen LogP contribution is 2.33. The number of hydrogen-bond donors (Lipinski definition) is 1. The Morgan fingerprint density at radius 3 is 2.86 bits per heavy atom. The minimum atomic E-state index is 0.571. The van der Waals surface area contributed by atoms with Gasteiger partial charge < -0.3 is 10.1 Å². The molecule has 0 amide bonds. The molecule has 1 aromatic carbocycles. The molecule has 21 heavy (non-hydrogen) atoms. The minimum absolute atomic E-state index is 0.571. The average Bonchev–Trinajstić information content (AvgIpc) is 2.49. The topological polar surface area (TPSA) is 21.3 Å². The number of nitrogens with one attached hydrogen (secondary N) is 1. The fourth-order valence-electron chi connectivity index (χ4n) is 3.59. The number of likely N-dealkylation sites (N-methyl/N-ethyl adjacent to an activating group) is 1. The summed E-state index contributed by atoms with van der Waals surface area (Å²) in [5.74, 6) is 2.62. The Bertz CT molecular complexity index is 449. The third-order valence-electron chi connectivity index (χ3n) is 4.71. The van der Waals surface area contributed by atoms with Crippen LogP contribution in [0.5, 0.6) is 5.75 Å². The van der Waals surface area contributed by atoms with E-state index in [0.29, 0.717) is 6.04 Å². The van der Waals surface area contributed by atoms with Gasteiger partial charge in [0, 0.05) is 10.5 Å². The molecule has 2 nitrogen and oxygen atoms in total. The molecule has 1 aliphatic rings. The zero-order valence-corrected chi connectivity index (χ0v) is 15.1. The molecule has 1 saturated carbocycles. The van der Waals surface area contributed by atoms with E-state index >= 15 is 0 Å². The van der Waals surface area contributed by atoms with Crippen LogP contribution < -0.4 is 10.1 Å². The summed E-state index contributed by atoms with van der Waals surface area (Å²) in [4.78, 5) is 0. The lowest BCUT2D eigenvalue weighted by Gasteiger charge is -2.34. The van der Waals surface area contributed by atoms with Gasteiger partial charge in [-0.3, -0.25) is 0 Å². The summed E-state index contributed by atoms with van der Waals surface area (Å²) in [6.45, 7) is 5.65. The summed E-state index contributed by atoms with van der Waals surface area (Å²) >= 11 is 3.69. The first kappa shape index (κ1) is 16.8. The van der Waals surface area contributed by atoms with Gasteiger partial charge in [-0.25, -0.2) is 0 Å². The van der Waals surface area contributed by atoms with E-state index < -0.39 is 0 Å². The van der Waals surface area contributed by atoms with Crippen molar-refractivity contribution >= 4 is 15.9 Å². The van der Waals surface area contributed by atoms with Crippen LogP contribution in [0.4, 0.5) is 0 Å². The summed E-state index contributed by atoms with van der Waals surface area (Å²) in [6.07, 6.45) is 6.58. The molecule has 1 N–H and O–H groups in total. The van der Waals surface area contributed by atoms with E-state index in [2.05, 4.69) is 47.2 Å². The molecule has 0 heterocycles. The van der Waals surface area contributed by atoms with Crippen LogP contribution in [0.2, 0.25) is 0 Å². The molecule has 1 fully saturated rings. The number of benzene rings is 1. The lowest BCUT2D eigenvalue weighted by Crippen LogP contribution is -2.40. The summed E-state index contributed by atoms with van der Waals surface area (Å²) in [5.41, 5.74) is 1.35. The van der Waals surface area contributed by atoms with Crippen LogP contribution in [-0.4, -0.2) is 19.7 Å². The Kier molecular flexibility index (Phi) is 6.56. The highest BCUT2D eigenvalue weighted by atomic mass is 79.9. The lowest BCUT2D eigenvalue weighted by atomic mass is 9.77. The molecule has 3 atom stereocenters. The van der Waals surface area contributed by atoms with Gasteiger partial charge in [0.1, 0.15) is 5.75 Å². The fourth-order valence-corrected chi connectivity index (χ4v) is 3.99. The Balaban J connectivity index is 2.11. The van der Waals surface area contributed by atoms with E-state index in [1.165, 1.54) is 35.7 Å². The summed E-state index contributed by atoms with van der Waals surface area (Å²) in [5, 5.41) is 3.72. The zero-order valence-electron chi connectivity index (χ0n) is 13.5. The molecule has 0 aliphatic heterocycles. The van der Waals surface area contributed by atoms with Gasteiger partial charge in [0.05, 0.1) is 7.11 Å². The molecular formula is C18H28BrNO. The largest absolute Gasteiger partial charge is 0.497 e. The number of halogens is 1. The Labute approximate surface area is 137 Å². The van der Waals surface area contributed by atoms with Gasteiger partial charge in [-0.15, -0.1) is 0 Å². The number of methoxy groups -OCH3 is 1. The van der Waals surface area contributed by atoms with Crippen molar-refractivity contribution in [1.82, 2.24) is 5.32 Å². The van der Waals surface area contributed by atoms with Gasteiger partial charge in [0.2, 0.25) is 0 Å². The van der Waals surface area contributed by atoms with Crippen molar-refractivity contribution in [2.75, 3.05) is 13.7 Å². The Hall–Kier alpha value is -0.540. The molecule has 3 heteroatoms. The number of ether oxygens (including phenoxy) is 1. The average molecular weight is 354 g/mol. The maximum absolute atomic E-state index is 5.37. The second-order valence-corrected chi connectivity index (χ2v) is 7.21.